The SMILES string of the molecule is O=C(Nc1ccc(NCc2ccc(F)cc2)cn1)C1CCCCC1. The van der Waals surface area contributed by atoms with Gasteiger partial charge in [-0.25, -0.2) is 9.37 Å². The van der Waals surface area contributed by atoms with Crippen molar-refractivity contribution in [2.75, 3.05) is 10.6 Å². The van der Waals surface area contributed by atoms with Crippen molar-refractivity contribution in [3.8, 4) is 0 Å². The van der Waals surface area contributed by atoms with Crippen LogP contribution < -0.4 is 10.6 Å². The lowest BCUT2D eigenvalue weighted by Gasteiger charge is -2.20. The van der Waals surface area contributed by atoms with Gasteiger partial charge in [-0.15, -0.1) is 0 Å². The Bertz CT molecular complexity index is 664. The van der Waals surface area contributed by atoms with Crippen molar-refractivity contribution in [3.63, 3.8) is 0 Å². The Balaban J connectivity index is 1.51. The molecule has 0 aliphatic heterocycles. The molecule has 4 nitrogen and oxygen atoms in total. The zero-order valence-electron chi connectivity index (χ0n) is 13.6. The van der Waals surface area contributed by atoms with E-state index in [0.717, 1.165) is 36.9 Å². The van der Waals surface area contributed by atoms with E-state index in [-0.39, 0.29) is 17.6 Å². The summed E-state index contributed by atoms with van der Waals surface area (Å²) in [7, 11) is 0. The van der Waals surface area contributed by atoms with Gasteiger partial charge in [-0.2, -0.15) is 0 Å². The van der Waals surface area contributed by atoms with Crippen LogP contribution in [0.5, 0.6) is 0 Å². The Morgan fingerprint density at radius 3 is 2.50 bits per heavy atom. The molecule has 2 N–H and O–H groups in total. The minimum Gasteiger partial charge on any atom is -0.380 e. The highest BCUT2D eigenvalue weighted by Crippen LogP contribution is 2.24. The first-order valence-corrected chi connectivity index (χ1v) is 8.46. The van der Waals surface area contributed by atoms with Crippen LogP contribution in [0.3, 0.4) is 0 Å². The molecular formula is C19H22FN3O. The molecule has 0 atom stereocenters. The summed E-state index contributed by atoms with van der Waals surface area (Å²) in [6.07, 6.45) is 7.15. The van der Waals surface area contributed by atoms with Gasteiger partial charge < -0.3 is 10.6 Å². The number of nitrogens with one attached hydrogen (secondary N) is 2. The fourth-order valence-corrected chi connectivity index (χ4v) is 2.97. The van der Waals surface area contributed by atoms with Crippen LogP contribution in [0.25, 0.3) is 0 Å². The Morgan fingerprint density at radius 2 is 1.83 bits per heavy atom. The fraction of sp³-hybridized carbons (Fsp3) is 0.368. The zero-order chi connectivity index (χ0) is 16.8. The highest BCUT2D eigenvalue weighted by atomic mass is 19.1. The second-order valence-corrected chi connectivity index (χ2v) is 6.24. The molecule has 126 valence electrons. The molecule has 1 amide bonds. The number of pyridine rings is 1. The quantitative estimate of drug-likeness (QED) is 0.858. The third kappa shape index (κ3) is 4.54. The number of benzene rings is 1. The predicted molar refractivity (Wildman–Crippen MR) is 93.2 cm³/mol. The summed E-state index contributed by atoms with van der Waals surface area (Å²) < 4.78 is 12.9. The number of hydrogen-bond acceptors (Lipinski definition) is 3. The molecule has 1 saturated carbocycles. The first-order chi connectivity index (χ1) is 11.7. The first kappa shape index (κ1) is 16.4. The summed E-state index contributed by atoms with van der Waals surface area (Å²) in [5.74, 6) is 0.544. The summed E-state index contributed by atoms with van der Waals surface area (Å²) in [6.45, 7) is 0.593. The average molecular weight is 327 g/mol. The van der Waals surface area contributed by atoms with Crippen molar-refractivity contribution in [1.29, 1.82) is 0 Å². The van der Waals surface area contributed by atoms with E-state index in [0.29, 0.717) is 12.4 Å². The van der Waals surface area contributed by atoms with Crippen LogP contribution in [0, 0.1) is 11.7 Å². The van der Waals surface area contributed by atoms with E-state index >= 15 is 0 Å². The smallest absolute Gasteiger partial charge is 0.228 e. The van der Waals surface area contributed by atoms with Crippen molar-refractivity contribution >= 4 is 17.4 Å². The van der Waals surface area contributed by atoms with Crippen molar-refractivity contribution in [1.82, 2.24) is 4.98 Å². The summed E-state index contributed by atoms with van der Waals surface area (Å²) in [6, 6.07) is 10.1. The van der Waals surface area contributed by atoms with E-state index in [4.69, 9.17) is 0 Å². The lowest BCUT2D eigenvalue weighted by atomic mass is 9.89. The van der Waals surface area contributed by atoms with Crippen molar-refractivity contribution in [2.45, 2.75) is 38.6 Å². The second kappa shape index (κ2) is 7.90. The first-order valence-electron chi connectivity index (χ1n) is 8.46. The maximum absolute atomic E-state index is 12.9. The van der Waals surface area contributed by atoms with Gasteiger partial charge in [-0.1, -0.05) is 31.4 Å². The van der Waals surface area contributed by atoms with Gasteiger partial charge in [0.1, 0.15) is 11.6 Å². The molecule has 1 heterocycles. The van der Waals surface area contributed by atoms with Crippen LogP contribution >= 0.6 is 0 Å². The van der Waals surface area contributed by atoms with Gasteiger partial charge in [0, 0.05) is 12.5 Å². The second-order valence-electron chi connectivity index (χ2n) is 6.24. The monoisotopic (exact) mass is 327 g/mol. The van der Waals surface area contributed by atoms with Gasteiger partial charge in [0.2, 0.25) is 5.91 Å². The Kier molecular flexibility index (Phi) is 5.41. The Labute approximate surface area is 141 Å². The Morgan fingerprint density at radius 1 is 1.08 bits per heavy atom. The van der Waals surface area contributed by atoms with Gasteiger partial charge >= 0.3 is 0 Å². The number of aromatic nitrogens is 1. The number of carbonyl (C=O) groups excluding carboxylic acids is 1. The molecule has 1 aliphatic carbocycles. The fourth-order valence-electron chi connectivity index (χ4n) is 2.97. The van der Waals surface area contributed by atoms with E-state index in [1.807, 2.05) is 6.07 Å². The van der Waals surface area contributed by atoms with Crippen molar-refractivity contribution in [2.24, 2.45) is 5.92 Å². The van der Waals surface area contributed by atoms with Gasteiger partial charge in [0.15, 0.2) is 0 Å². The minimum atomic E-state index is -0.238. The molecule has 5 heteroatoms. The summed E-state index contributed by atoms with van der Waals surface area (Å²) >= 11 is 0. The molecule has 1 aromatic carbocycles. The van der Waals surface area contributed by atoms with E-state index in [9.17, 15) is 9.18 Å². The molecule has 0 bridgehead atoms. The normalized spacial score (nSPS) is 15.0. The average Bonchev–Trinajstić information content (AvgIpc) is 2.63. The molecule has 0 saturated heterocycles. The molecule has 0 unspecified atom stereocenters. The van der Waals surface area contributed by atoms with Crippen LogP contribution in [-0.2, 0) is 11.3 Å². The number of halogens is 1. The van der Waals surface area contributed by atoms with E-state index in [1.54, 1.807) is 24.4 Å². The minimum absolute atomic E-state index is 0.0780. The van der Waals surface area contributed by atoms with Gasteiger partial charge in [-0.3, -0.25) is 4.79 Å². The van der Waals surface area contributed by atoms with Crippen LogP contribution in [0.4, 0.5) is 15.9 Å². The van der Waals surface area contributed by atoms with Crippen LogP contribution in [0.15, 0.2) is 42.6 Å². The molecule has 0 spiro atoms. The van der Waals surface area contributed by atoms with Crippen molar-refractivity contribution in [3.05, 3.63) is 54.0 Å². The third-order valence-corrected chi connectivity index (χ3v) is 4.40. The molecule has 1 aromatic heterocycles. The van der Waals surface area contributed by atoms with Crippen LogP contribution in [0.1, 0.15) is 37.7 Å². The number of anilines is 2. The summed E-state index contributed by atoms with van der Waals surface area (Å²) in [5, 5.41) is 6.13. The maximum Gasteiger partial charge on any atom is 0.228 e. The van der Waals surface area contributed by atoms with Gasteiger partial charge in [0.25, 0.3) is 0 Å². The van der Waals surface area contributed by atoms with Crippen LogP contribution in [-0.4, -0.2) is 10.9 Å². The topological polar surface area (TPSA) is 54.0 Å². The van der Waals surface area contributed by atoms with Crippen molar-refractivity contribution < 1.29 is 9.18 Å². The lowest BCUT2D eigenvalue weighted by molar-refractivity contribution is -0.120. The Hall–Kier alpha value is -2.43. The number of amides is 1. The van der Waals surface area contributed by atoms with E-state index in [1.165, 1.54) is 18.6 Å². The van der Waals surface area contributed by atoms with E-state index < -0.39 is 0 Å². The molecule has 1 fully saturated rings. The van der Waals surface area contributed by atoms with Crippen LogP contribution in [0.2, 0.25) is 0 Å². The molecule has 1 aliphatic rings. The number of rotatable bonds is 5. The number of hydrogen-bond donors (Lipinski definition) is 2. The molecule has 24 heavy (non-hydrogen) atoms. The lowest BCUT2D eigenvalue weighted by Crippen LogP contribution is -2.25. The molecule has 3 rings (SSSR count). The van der Waals surface area contributed by atoms with E-state index in [2.05, 4.69) is 15.6 Å². The standard InChI is InChI=1S/C19H22FN3O/c20-16-8-6-14(7-9-16)12-21-17-10-11-18(22-13-17)23-19(24)15-4-2-1-3-5-15/h6-11,13,15,21H,1-5,12H2,(H,22,23,24). The number of nitrogens with zero attached hydrogens (tertiary/aromatic N) is 1. The summed E-state index contributed by atoms with van der Waals surface area (Å²) in [4.78, 5) is 16.5. The highest BCUT2D eigenvalue weighted by Gasteiger charge is 2.21. The maximum atomic E-state index is 12.9. The third-order valence-electron chi connectivity index (χ3n) is 4.40. The van der Waals surface area contributed by atoms with Gasteiger partial charge in [-0.05, 0) is 42.7 Å². The molecule has 0 radical (unpaired) electrons. The molecule has 2 aromatic rings. The predicted octanol–water partition coefficient (Wildman–Crippen LogP) is 4.35. The molecular weight excluding hydrogens is 305 g/mol. The number of carbonyl (C=O) groups is 1. The largest absolute Gasteiger partial charge is 0.380 e. The van der Waals surface area contributed by atoms with Gasteiger partial charge in [0.05, 0.1) is 11.9 Å². The zero-order valence-corrected chi connectivity index (χ0v) is 13.6. The highest BCUT2D eigenvalue weighted by molar-refractivity contribution is 5.91. The summed E-state index contributed by atoms with van der Waals surface area (Å²) in [5.41, 5.74) is 1.85.